The summed E-state index contributed by atoms with van der Waals surface area (Å²) in [6.07, 6.45) is 2.13. The van der Waals surface area contributed by atoms with Crippen molar-refractivity contribution in [1.82, 2.24) is 15.6 Å². The van der Waals surface area contributed by atoms with E-state index in [1.54, 1.807) is 11.3 Å². The molecule has 7 heteroatoms. The van der Waals surface area contributed by atoms with Crippen molar-refractivity contribution in [2.24, 2.45) is 0 Å². The number of amides is 1. The number of para-hydroxylation sites is 1. The van der Waals surface area contributed by atoms with Crippen molar-refractivity contribution in [2.75, 3.05) is 13.1 Å². The molecule has 1 atom stereocenters. The van der Waals surface area contributed by atoms with Crippen molar-refractivity contribution in [2.45, 2.75) is 18.9 Å². The summed E-state index contributed by atoms with van der Waals surface area (Å²) in [5, 5.41) is 9.44. The van der Waals surface area contributed by atoms with E-state index in [4.69, 9.17) is 4.98 Å². The summed E-state index contributed by atoms with van der Waals surface area (Å²) in [6, 6.07) is 14.0. The van der Waals surface area contributed by atoms with Crippen LogP contribution in [-0.2, 0) is 0 Å². The van der Waals surface area contributed by atoms with Gasteiger partial charge in [-0.3, -0.25) is 4.79 Å². The van der Waals surface area contributed by atoms with Crippen molar-refractivity contribution in [3.63, 3.8) is 0 Å². The average molecular weight is 410 g/mol. The highest BCUT2D eigenvalue weighted by Crippen LogP contribution is 2.28. The summed E-state index contributed by atoms with van der Waals surface area (Å²) in [5.74, 6) is -0.0138. The molecule has 138 valence electrons. The van der Waals surface area contributed by atoms with Crippen LogP contribution in [0.1, 0.15) is 23.2 Å². The summed E-state index contributed by atoms with van der Waals surface area (Å²) in [4.78, 5) is 18.7. The number of hydrogen-bond donors (Lipinski definition) is 2. The minimum atomic E-state index is -0.0138. The molecule has 2 N–H and O–H groups in total. The molecule has 1 aromatic carbocycles. The second-order valence-corrected chi connectivity index (χ2v) is 7.01. The minimum Gasteiger partial charge on any atom is -0.348 e. The van der Waals surface area contributed by atoms with Gasteiger partial charge in [0.1, 0.15) is 0 Å². The summed E-state index contributed by atoms with van der Waals surface area (Å²) < 4.78 is 0. The number of carbonyl (C=O) groups excluding carboxylic acids is 1. The van der Waals surface area contributed by atoms with Gasteiger partial charge in [0.25, 0.3) is 5.91 Å². The molecular formula is C19H21Cl2N3OS. The molecule has 4 rings (SSSR count). The Bertz CT molecular complexity index is 864. The molecule has 0 spiro atoms. The lowest BCUT2D eigenvalue weighted by Gasteiger charge is -2.24. The van der Waals surface area contributed by atoms with E-state index in [1.807, 2.05) is 47.8 Å². The third-order valence-corrected chi connectivity index (χ3v) is 5.26. The van der Waals surface area contributed by atoms with Crippen LogP contribution in [0.15, 0.2) is 47.8 Å². The Hall–Kier alpha value is -1.66. The van der Waals surface area contributed by atoms with Crippen molar-refractivity contribution in [1.29, 1.82) is 0 Å². The Morgan fingerprint density at radius 3 is 2.77 bits per heavy atom. The van der Waals surface area contributed by atoms with Gasteiger partial charge in [-0.1, -0.05) is 24.3 Å². The van der Waals surface area contributed by atoms with Crippen molar-refractivity contribution in [3.8, 4) is 10.6 Å². The third-order valence-electron chi connectivity index (χ3n) is 4.37. The first-order valence-electron chi connectivity index (χ1n) is 8.26. The van der Waals surface area contributed by atoms with E-state index in [0.717, 1.165) is 47.4 Å². The van der Waals surface area contributed by atoms with Crippen molar-refractivity contribution in [3.05, 3.63) is 53.4 Å². The molecule has 0 bridgehead atoms. The van der Waals surface area contributed by atoms with E-state index in [2.05, 4.69) is 10.6 Å². The van der Waals surface area contributed by atoms with Crippen LogP contribution in [-0.4, -0.2) is 30.0 Å². The Balaban J connectivity index is 0.00000121. The molecule has 26 heavy (non-hydrogen) atoms. The fraction of sp³-hybridized carbons (Fsp3) is 0.263. The Morgan fingerprint density at radius 1 is 1.19 bits per heavy atom. The molecule has 2 aromatic heterocycles. The topological polar surface area (TPSA) is 54.0 Å². The number of aromatic nitrogens is 1. The zero-order valence-electron chi connectivity index (χ0n) is 14.1. The monoisotopic (exact) mass is 409 g/mol. The lowest BCUT2D eigenvalue weighted by molar-refractivity contribution is 0.0932. The van der Waals surface area contributed by atoms with Gasteiger partial charge in [0, 0.05) is 18.0 Å². The summed E-state index contributed by atoms with van der Waals surface area (Å²) in [5.41, 5.74) is 2.42. The van der Waals surface area contributed by atoms with Crippen LogP contribution in [0.25, 0.3) is 21.5 Å². The normalized spacial score (nSPS) is 16.4. The van der Waals surface area contributed by atoms with Gasteiger partial charge in [-0.25, -0.2) is 4.98 Å². The number of piperidine rings is 1. The van der Waals surface area contributed by atoms with Crippen LogP contribution in [0.2, 0.25) is 0 Å². The molecule has 1 aliphatic rings. The number of hydrogen-bond acceptors (Lipinski definition) is 4. The van der Waals surface area contributed by atoms with Gasteiger partial charge >= 0.3 is 0 Å². The van der Waals surface area contributed by atoms with Crippen molar-refractivity contribution >= 4 is 53.0 Å². The quantitative estimate of drug-likeness (QED) is 0.678. The Labute approximate surface area is 169 Å². The maximum absolute atomic E-state index is 12.9. The van der Waals surface area contributed by atoms with E-state index in [-0.39, 0.29) is 36.8 Å². The van der Waals surface area contributed by atoms with Crippen LogP contribution in [0, 0.1) is 0 Å². The maximum Gasteiger partial charge on any atom is 0.252 e. The summed E-state index contributed by atoms with van der Waals surface area (Å²) in [6.45, 7) is 1.87. The van der Waals surface area contributed by atoms with Crippen LogP contribution in [0.4, 0.5) is 0 Å². The highest BCUT2D eigenvalue weighted by Gasteiger charge is 2.19. The van der Waals surface area contributed by atoms with Gasteiger partial charge < -0.3 is 10.6 Å². The fourth-order valence-corrected chi connectivity index (χ4v) is 3.84. The predicted octanol–water partition coefficient (Wildman–Crippen LogP) is 4.29. The zero-order chi connectivity index (χ0) is 16.4. The molecule has 1 fully saturated rings. The molecule has 1 aliphatic heterocycles. The number of rotatable bonds is 3. The Morgan fingerprint density at radius 2 is 2.04 bits per heavy atom. The maximum atomic E-state index is 12.9. The number of halogens is 2. The first kappa shape index (κ1) is 20.6. The summed E-state index contributed by atoms with van der Waals surface area (Å²) >= 11 is 1.64. The molecule has 4 nitrogen and oxygen atoms in total. The second kappa shape index (κ2) is 9.33. The highest BCUT2D eigenvalue weighted by atomic mass is 35.5. The molecule has 3 heterocycles. The van der Waals surface area contributed by atoms with E-state index < -0.39 is 0 Å². The SMILES string of the molecule is Cl.Cl.O=C(N[C@H]1CCCNC1)c1cc(-c2cccs2)nc2ccccc12. The highest BCUT2D eigenvalue weighted by molar-refractivity contribution is 7.13. The number of benzene rings is 1. The first-order valence-corrected chi connectivity index (χ1v) is 9.14. The van der Waals surface area contributed by atoms with Crippen LogP contribution >= 0.6 is 36.2 Å². The minimum absolute atomic E-state index is 0. The molecule has 0 unspecified atom stereocenters. The standard InChI is InChI=1S/C19H19N3OS.2ClH/c23-19(21-13-5-3-9-20-12-13)15-11-17(18-8-4-10-24-18)22-16-7-2-1-6-14(15)16;;/h1-2,4,6-8,10-11,13,20H,3,5,9,12H2,(H,21,23);2*1H/t13-;;/m0../s1. The van der Waals surface area contributed by atoms with Crippen LogP contribution in [0.3, 0.4) is 0 Å². The van der Waals surface area contributed by atoms with Crippen LogP contribution < -0.4 is 10.6 Å². The van der Waals surface area contributed by atoms with Crippen molar-refractivity contribution < 1.29 is 4.79 Å². The van der Waals surface area contributed by atoms with Gasteiger partial charge in [-0.2, -0.15) is 0 Å². The number of pyridine rings is 1. The van der Waals surface area contributed by atoms with E-state index in [0.29, 0.717) is 5.56 Å². The molecule has 3 aromatic rings. The number of fused-ring (bicyclic) bond motifs is 1. The number of carbonyl (C=O) groups is 1. The fourth-order valence-electron chi connectivity index (χ4n) is 3.15. The molecule has 1 saturated heterocycles. The molecule has 0 radical (unpaired) electrons. The Kier molecular flexibility index (Phi) is 7.41. The van der Waals surface area contributed by atoms with Gasteiger partial charge in [-0.05, 0) is 43.0 Å². The number of nitrogens with one attached hydrogen (secondary N) is 2. The average Bonchev–Trinajstić information content (AvgIpc) is 3.16. The van der Waals surface area contributed by atoms with Gasteiger partial charge in [0.2, 0.25) is 0 Å². The second-order valence-electron chi connectivity index (χ2n) is 6.07. The molecule has 0 saturated carbocycles. The summed E-state index contributed by atoms with van der Waals surface area (Å²) in [7, 11) is 0. The van der Waals surface area contributed by atoms with E-state index >= 15 is 0 Å². The molecule has 1 amide bonds. The molecule has 0 aliphatic carbocycles. The van der Waals surface area contributed by atoms with Gasteiger partial charge in [0.15, 0.2) is 0 Å². The van der Waals surface area contributed by atoms with Gasteiger partial charge in [-0.15, -0.1) is 36.2 Å². The molecular weight excluding hydrogens is 389 g/mol. The zero-order valence-corrected chi connectivity index (χ0v) is 16.6. The third kappa shape index (κ3) is 4.35. The lowest BCUT2D eigenvalue weighted by Crippen LogP contribution is -2.45. The number of thiophene rings is 1. The van der Waals surface area contributed by atoms with E-state index in [1.165, 1.54) is 0 Å². The predicted molar refractivity (Wildman–Crippen MR) is 113 cm³/mol. The largest absolute Gasteiger partial charge is 0.348 e. The van der Waals surface area contributed by atoms with Crippen LogP contribution in [0.5, 0.6) is 0 Å². The smallest absolute Gasteiger partial charge is 0.252 e. The first-order chi connectivity index (χ1) is 11.8. The van der Waals surface area contributed by atoms with E-state index in [9.17, 15) is 4.79 Å². The van der Waals surface area contributed by atoms with Gasteiger partial charge in [0.05, 0.1) is 21.7 Å². The number of nitrogens with zero attached hydrogens (tertiary/aromatic N) is 1. The lowest BCUT2D eigenvalue weighted by atomic mass is 10.0.